The first-order valence-electron chi connectivity index (χ1n) is 13.2. The SMILES string of the molecule is Cc1ccc(CNC(=O)c2cc(C(=O)NCC(C)(C)C)ccc2-c2cc(C(=O)NC3CC3)ccc2C)cc1. The number of aryl methyl sites for hydroxylation is 2. The number of carbonyl (C=O) groups is 3. The molecule has 0 heterocycles. The molecule has 0 aromatic heterocycles. The van der Waals surface area contributed by atoms with Gasteiger partial charge in [-0.3, -0.25) is 14.4 Å². The Labute approximate surface area is 225 Å². The minimum atomic E-state index is -0.279. The molecular weight excluding hydrogens is 474 g/mol. The van der Waals surface area contributed by atoms with Gasteiger partial charge >= 0.3 is 0 Å². The maximum absolute atomic E-state index is 13.5. The Hall–Kier alpha value is -3.93. The lowest BCUT2D eigenvalue weighted by molar-refractivity contribution is 0.0934. The minimum Gasteiger partial charge on any atom is -0.352 e. The summed E-state index contributed by atoms with van der Waals surface area (Å²) in [4.78, 5) is 39.2. The molecule has 0 atom stereocenters. The molecule has 0 radical (unpaired) electrons. The standard InChI is InChI=1S/C32H37N3O3/c1-20-6-9-22(10-7-20)18-33-31(38)28-17-23(29(36)34-19-32(3,4)5)12-15-26(28)27-16-24(11-8-21(27)2)30(37)35-25-13-14-25/h6-12,15-17,25H,13-14,18-19H2,1-5H3,(H,33,38)(H,34,36)(H,35,37). The first-order chi connectivity index (χ1) is 18.0. The van der Waals surface area contributed by atoms with E-state index in [1.165, 1.54) is 0 Å². The van der Waals surface area contributed by atoms with Gasteiger partial charge in [0.1, 0.15) is 0 Å². The van der Waals surface area contributed by atoms with Gasteiger partial charge in [-0.1, -0.05) is 62.7 Å². The van der Waals surface area contributed by atoms with Crippen LogP contribution in [-0.2, 0) is 6.54 Å². The van der Waals surface area contributed by atoms with Gasteiger partial charge in [-0.25, -0.2) is 0 Å². The van der Waals surface area contributed by atoms with Crippen LogP contribution in [-0.4, -0.2) is 30.3 Å². The van der Waals surface area contributed by atoms with Crippen molar-refractivity contribution >= 4 is 17.7 Å². The minimum absolute atomic E-state index is 0.0670. The molecule has 3 amide bonds. The van der Waals surface area contributed by atoms with Crippen molar-refractivity contribution in [1.29, 1.82) is 0 Å². The molecule has 1 fully saturated rings. The van der Waals surface area contributed by atoms with Crippen LogP contribution in [0, 0.1) is 19.3 Å². The Morgan fingerprint density at radius 3 is 2.08 bits per heavy atom. The lowest BCUT2D eigenvalue weighted by Crippen LogP contribution is -2.32. The molecule has 0 saturated heterocycles. The highest BCUT2D eigenvalue weighted by Crippen LogP contribution is 2.30. The maximum Gasteiger partial charge on any atom is 0.252 e. The van der Waals surface area contributed by atoms with Gasteiger partial charge in [0.05, 0.1) is 0 Å². The zero-order valence-electron chi connectivity index (χ0n) is 22.9. The van der Waals surface area contributed by atoms with E-state index in [1.807, 2.05) is 56.3 Å². The summed E-state index contributed by atoms with van der Waals surface area (Å²) in [7, 11) is 0. The first kappa shape index (κ1) is 27.1. The summed E-state index contributed by atoms with van der Waals surface area (Å²) in [5.74, 6) is -0.621. The molecule has 0 unspecified atom stereocenters. The monoisotopic (exact) mass is 511 g/mol. The average molecular weight is 512 g/mol. The van der Waals surface area contributed by atoms with E-state index in [2.05, 4.69) is 36.7 Å². The predicted octanol–water partition coefficient (Wildman–Crippen LogP) is 5.57. The van der Waals surface area contributed by atoms with Gasteiger partial charge in [-0.05, 0) is 78.6 Å². The molecule has 3 aromatic rings. The van der Waals surface area contributed by atoms with Gasteiger partial charge in [0.15, 0.2) is 0 Å². The van der Waals surface area contributed by atoms with Crippen molar-refractivity contribution in [3.05, 3.63) is 94.0 Å². The van der Waals surface area contributed by atoms with Crippen LogP contribution in [0.3, 0.4) is 0 Å². The summed E-state index contributed by atoms with van der Waals surface area (Å²) in [5, 5.41) is 9.00. The molecule has 1 aliphatic rings. The Kier molecular flexibility index (Phi) is 8.00. The molecule has 0 bridgehead atoms. The lowest BCUT2D eigenvalue weighted by Gasteiger charge is -2.19. The van der Waals surface area contributed by atoms with E-state index in [1.54, 1.807) is 18.2 Å². The van der Waals surface area contributed by atoms with Crippen molar-refractivity contribution in [2.75, 3.05) is 6.54 Å². The van der Waals surface area contributed by atoms with Gasteiger partial charge in [-0.15, -0.1) is 0 Å². The number of hydrogen-bond donors (Lipinski definition) is 3. The van der Waals surface area contributed by atoms with Gasteiger partial charge in [0.2, 0.25) is 0 Å². The number of benzene rings is 3. The molecule has 4 rings (SSSR count). The van der Waals surface area contributed by atoms with Gasteiger partial charge in [-0.2, -0.15) is 0 Å². The molecule has 1 aliphatic carbocycles. The molecule has 1 saturated carbocycles. The van der Waals surface area contributed by atoms with Crippen molar-refractivity contribution in [3.63, 3.8) is 0 Å². The third kappa shape index (κ3) is 7.09. The van der Waals surface area contributed by atoms with Crippen LogP contribution in [0.15, 0.2) is 60.7 Å². The Bertz CT molecular complexity index is 1350. The normalized spacial score (nSPS) is 13.1. The van der Waals surface area contributed by atoms with Crippen molar-refractivity contribution in [1.82, 2.24) is 16.0 Å². The fourth-order valence-corrected chi connectivity index (χ4v) is 4.09. The van der Waals surface area contributed by atoms with Crippen molar-refractivity contribution < 1.29 is 14.4 Å². The quantitative estimate of drug-likeness (QED) is 0.370. The zero-order chi connectivity index (χ0) is 27.4. The van der Waals surface area contributed by atoms with E-state index in [0.29, 0.717) is 35.3 Å². The second-order valence-electron chi connectivity index (χ2n) is 11.4. The van der Waals surface area contributed by atoms with E-state index in [9.17, 15) is 14.4 Å². The first-order valence-corrected chi connectivity index (χ1v) is 13.2. The van der Waals surface area contributed by atoms with Crippen LogP contribution < -0.4 is 16.0 Å². The fourth-order valence-electron chi connectivity index (χ4n) is 4.09. The van der Waals surface area contributed by atoms with Crippen LogP contribution in [0.1, 0.15) is 81.4 Å². The van der Waals surface area contributed by atoms with Crippen LogP contribution in [0.5, 0.6) is 0 Å². The highest BCUT2D eigenvalue weighted by Gasteiger charge is 2.25. The summed E-state index contributed by atoms with van der Waals surface area (Å²) in [6, 6.07) is 19.0. The number of hydrogen-bond acceptors (Lipinski definition) is 3. The van der Waals surface area contributed by atoms with E-state index in [0.717, 1.165) is 35.1 Å². The molecule has 198 valence electrons. The average Bonchev–Trinajstić information content (AvgIpc) is 3.70. The fraction of sp³-hybridized carbons (Fsp3) is 0.344. The van der Waals surface area contributed by atoms with Crippen LogP contribution >= 0.6 is 0 Å². The van der Waals surface area contributed by atoms with Crippen molar-refractivity contribution in [3.8, 4) is 11.1 Å². The summed E-state index contributed by atoms with van der Waals surface area (Å²) in [6.07, 6.45) is 2.02. The molecule has 0 aliphatic heterocycles. The molecule has 3 N–H and O–H groups in total. The number of nitrogens with one attached hydrogen (secondary N) is 3. The zero-order valence-corrected chi connectivity index (χ0v) is 22.9. The number of amides is 3. The third-order valence-corrected chi connectivity index (χ3v) is 6.58. The number of carbonyl (C=O) groups excluding carboxylic acids is 3. The molecule has 38 heavy (non-hydrogen) atoms. The van der Waals surface area contributed by atoms with E-state index >= 15 is 0 Å². The third-order valence-electron chi connectivity index (χ3n) is 6.58. The smallest absolute Gasteiger partial charge is 0.252 e. The second kappa shape index (κ2) is 11.2. The Balaban J connectivity index is 1.67. The van der Waals surface area contributed by atoms with Crippen molar-refractivity contribution in [2.45, 2.75) is 60.0 Å². The summed E-state index contributed by atoms with van der Waals surface area (Å²) in [6.45, 7) is 11.0. The van der Waals surface area contributed by atoms with Crippen LogP contribution in [0.4, 0.5) is 0 Å². The lowest BCUT2D eigenvalue weighted by atomic mass is 9.92. The molecule has 3 aromatic carbocycles. The summed E-state index contributed by atoms with van der Waals surface area (Å²) >= 11 is 0. The van der Waals surface area contributed by atoms with Gasteiger partial charge < -0.3 is 16.0 Å². The Morgan fingerprint density at radius 2 is 1.42 bits per heavy atom. The molecule has 6 heteroatoms. The van der Waals surface area contributed by atoms with Gasteiger partial charge in [0, 0.05) is 35.8 Å². The molecule has 0 spiro atoms. The second-order valence-corrected chi connectivity index (χ2v) is 11.4. The highest BCUT2D eigenvalue weighted by molar-refractivity contribution is 6.05. The van der Waals surface area contributed by atoms with Crippen LogP contribution in [0.25, 0.3) is 11.1 Å². The predicted molar refractivity (Wildman–Crippen MR) is 151 cm³/mol. The van der Waals surface area contributed by atoms with Crippen molar-refractivity contribution in [2.24, 2.45) is 5.41 Å². The summed E-state index contributed by atoms with van der Waals surface area (Å²) in [5.41, 5.74) is 5.83. The molecular formula is C32H37N3O3. The van der Waals surface area contributed by atoms with E-state index in [-0.39, 0.29) is 29.2 Å². The molecule has 6 nitrogen and oxygen atoms in total. The van der Waals surface area contributed by atoms with Gasteiger partial charge in [0.25, 0.3) is 17.7 Å². The largest absolute Gasteiger partial charge is 0.352 e. The van der Waals surface area contributed by atoms with E-state index in [4.69, 9.17) is 0 Å². The Morgan fingerprint density at radius 1 is 0.763 bits per heavy atom. The van der Waals surface area contributed by atoms with Crippen LogP contribution in [0.2, 0.25) is 0 Å². The topological polar surface area (TPSA) is 87.3 Å². The number of rotatable bonds is 8. The van der Waals surface area contributed by atoms with E-state index < -0.39 is 0 Å². The highest BCUT2D eigenvalue weighted by atomic mass is 16.2. The summed E-state index contributed by atoms with van der Waals surface area (Å²) < 4.78 is 0. The maximum atomic E-state index is 13.5.